The highest BCUT2D eigenvalue weighted by Crippen LogP contribution is 2.22. The molecule has 0 fully saturated rings. The van der Waals surface area contributed by atoms with Crippen molar-refractivity contribution in [2.24, 2.45) is 0 Å². The molecule has 1 rings (SSSR count). The Hall–Kier alpha value is -1.16. The second-order valence-electron chi connectivity index (χ2n) is 4.73. The molecule has 0 aliphatic heterocycles. The number of nitrogen functional groups attached to an aromatic ring is 1. The van der Waals surface area contributed by atoms with Crippen molar-refractivity contribution < 1.29 is 0 Å². The van der Waals surface area contributed by atoms with Crippen LogP contribution in [0.3, 0.4) is 0 Å². The molecule has 0 bridgehead atoms. The van der Waals surface area contributed by atoms with Crippen molar-refractivity contribution in [2.75, 3.05) is 26.4 Å². The predicted octanol–water partition coefficient (Wildman–Crippen LogP) is 1.59. The molecular formula is C12H22N4. The third-order valence-electron chi connectivity index (χ3n) is 2.57. The summed E-state index contributed by atoms with van der Waals surface area (Å²) < 4.78 is 0. The van der Waals surface area contributed by atoms with E-state index < -0.39 is 0 Å². The van der Waals surface area contributed by atoms with E-state index in [9.17, 15) is 0 Å². The Labute approximate surface area is 97.9 Å². The minimum Gasteiger partial charge on any atom is -0.383 e. The van der Waals surface area contributed by atoms with Crippen molar-refractivity contribution >= 4 is 5.82 Å². The fourth-order valence-corrected chi connectivity index (χ4v) is 1.81. The summed E-state index contributed by atoms with van der Waals surface area (Å²) in [6, 6.07) is 0. The van der Waals surface area contributed by atoms with E-state index in [-0.39, 0.29) is 0 Å². The van der Waals surface area contributed by atoms with Crippen LogP contribution in [-0.2, 0) is 6.42 Å². The van der Waals surface area contributed by atoms with Crippen LogP contribution < -0.4 is 5.73 Å². The molecule has 0 amide bonds. The lowest BCUT2D eigenvalue weighted by Gasteiger charge is -2.14. The molecule has 2 N–H and O–H groups in total. The number of likely N-dealkylation sites (N-methyl/N-ethyl adjacent to an activating group) is 1. The number of hydrogen-bond acceptors (Lipinski definition) is 4. The largest absolute Gasteiger partial charge is 0.383 e. The van der Waals surface area contributed by atoms with Crippen LogP contribution >= 0.6 is 0 Å². The minimum absolute atomic E-state index is 0.378. The average molecular weight is 222 g/mol. The number of aromatic nitrogens is 2. The number of hydrogen-bond donors (Lipinski definition) is 1. The standard InChI is InChI=1S/C12H22N4/c1-8(2)11-9(3)14-10(15-12(11)13)6-7-16(4)5/h8H,6-7H2,1-5H3,(H2,13,14,15). The number of aryl methyl sites for hydroxylation is 1. The maximum absolute atomic E-state index is 5.96. The van der Waals surface area contributed by atoms with Crippen LogP contribution in [0.2, 0.25) is 0 Å². The summed E-state index contributed by atoms with van der Waals surface area (Å²) in [6.45, 7) is 7.18. The van der Waals surface area contributed by atoms with Crippen molar-refractivity contribution in [3.63, 3.8) is 0 Å². The lowest BCUT2D eigenvalue weighted by Crippen LogP contribution is -2.17. The average Bonchev–Trinajstić information content (AvgIpc) is 2.12. The van der Waals surface area contributed by atoms with Gasteiger partial charge in [0.15, 0.2) is 0 Å². The molecule has 0 aromatic carbocycles. The fraction of sp³-hybridized carbons (Fsp3) is 0.667. The molecule has 4 nitrogen and oxygen atoms in total. The lowest BCUT2D eigenvalue weighted by molar-refractivity contribution is 0.409. The van der Waals surface area contributed by atoms with Crippen LogP contribution in [0.4, 0.5) is 5.82 Å². The Kier molecular flexibility index (Phi) is 4.24. The number of rotatable bonds is 4. The van der Waals surface area contributed by atoms with Gasteiger partial charge >= 0.3 is 0 Å². The van der Waals surface area contributed by atoms with Crippen LogP contribution in [-0.4, -0.2) is 35.5 Å². The molecule has 90 valence electrons. The predicted molar refractivity (Wildman–Crippen MR) is 67.5 cm³/mol. The third-order valence-corrected chi connectivity index (χ3v) is 2.57. The zero-order chi connectivity index (χ0) is 12.3. The fourth-order valence-electron chi connectivity index (χ4n) is 1.81. The second kappa shape index (κ2) is 5.25. The zero-order valence-corrected chi connectivity index (χ0v) is 10.9. The Balaban J connectivity index is 2.92. The van der Waals surface area contributed by atoms with Gasteiger partial charge in [-0.3, -0.25) is 0 Å². The Morgan fingerprint density at radius 3 is 2.31 bits per heavy atom. The van der Waals surface area contributed by atoms with E-state index in [1.165, 1.54) is 0 Å². The van der Waals surface area contributed by atoms with E-state index in [1.54, 1.807) is 0 Å². The van der Waals surface area contributed by atoms with E-state index in [0.717, 1.165) is 30.0 Å². The summed E-state index contributed by atoms with van der Waals surface area (Å²) in [5.41, 5.74) is 8.05. The molecule has 0 radical (unpaired) electrons. The minimum atomic E-state index is 0.378. The van der Waals surface area contributed by atoms with Gasteiger partial charge in [0.05, 0.1) is 0 Å². The second-order valence-corrected chi connectivity index (χ2v) is 4.73. The Morgan fingerprint density at radius 1 is 1.25 bits per heavy atom. The number of anilines is 1. The van der Waals surface area contributed by atoms with Gasteiger partial charge in [0.1, 0.15) is 11.6 Å². The lowest BCUT2D eigenvalue weighted by atomic mass is 10.0. The summed E-state index contributed by atoms with van der Waals surface area (Å²) >= 11 is 0. The van der Waals surface area contributed by atoms with Crippen LogP contribution in [0.5, 0.6) is 0 Å². The normalized spacial score (nSPS) is 11.4. The van der Waals surface area contributed by atoms with Crippen molar-refractivity contribution in [3.05, 3.63) is 17.1 Å². The molecule has 16 heavy (non-hydrogen) atoms. The first-order valence-corrected chi connectivity index (χ1v) is 5.69. The van der Waals surface area contributed by atoms with Gasteiger partial charge in [0.25, 0.3) is 0 Å². The van der Waals surface area contributed by atoms with Crippen molar-refractivity contribution in [3.8, 4) is 0 Å². The maximum atomic E-state index is 5.96. The van der Waals surface area contributed by atoms with Crippen molar-refractivity contribution in [1.82, 2.24) is 14.9 Å². The molecule has 0 atom stereocenters. The summed E-state index contributed by atoms with van der Waals surface area (Å²) in [4.78, 5) is 11.0. The van der Waals surface area contributed by atoms with E-state index in [0.29, 0.717) is 11.7 Å². The Bertz CT molecular complexity index is 335. The summed E-state index contributed by atoms with van der Waals surface area (Å²) in [5, 5.41) is 0. The third kappa shape index (κ3) is 3.17. The first-order chi connectivity index (χ1) is 7.41. The summed E-state index contributed by atoms with van der Waals surface area (Å²) in [7, 11) is 4.08. The molecule has 0 aliphatic rings. The van der Waals surface area contributed by atoms with Crippen molar-refractivity contribution in [2.45, 2.75) is 33.1 Å². The maximum Gasteiger partial charge on any atom is 0.132 e. The van der Waals surface area contributed by atoms with Crippen LogP contribution in [0, 0.1) is 6.92 Å². The molecule has 0 unspecified atom stereocenters. The van der Waals surface area contributed by atoms with Gasteiger partial charge in [-0.2, -0.15) is 0 Å². The van der Waals surface area contributed by atoms with Gasteiger partial charge in [0, 0.05) is 24.2 Å². The highest BCUT2D eigenvalue weighted by molar-refractivity contribution is 5.44. The molecule has 0 aliphatic carbocycles. The topological polar surface area (TPSA) is 55.0 Å². The quantitative estimate of drug-likeness (QED) is 0.840. The zero-order valence-electron chi connectivity index (χ0n) is 10.9. The first-order valence-electron chi connectivity index (χ1n) is 5.69. The highest BCUT2D eigenvalue weighted by Gasteiger charge is 2.12. The van der Waals surface area contributed by atoms with Gasteiger partial charge < -0.3 is 10.6 Å². The van der Waals surface area contributed by atoms with Gasteiger partial charge in [0.2, 0.25) is 0 Å². The molecule has 0 saturated heterocycles. The summed E-state index contributed by atoms with van der Waals surface area (Å²) in [5.74, 6) is 1.85. The monoisotopic (exact) mass is 222 g/mol. The highest BCUT2D eigenvalue weighted by atomic mass is 15.1. The van der Waals surface area contributed by atoms with Crippen LogP contribution in [0.25, 0.3) is 0 Å². The molecule has 1 aromatic rings. The number of nitrogens with two attached hydrogens (primary N) is 1. The molecular weight excluding hydrogens is 200 g/mol. The Morgan fingerprint density at radius 2 is 1.88 bits per heavy atom. The van der Waals surface area contributed by atoms with E-state index in [4.69, 9.17) is 5.73 Å². The van der Waals surface area contributed by atoms with Gasteiger partial charge in [-0.1, -0.05) is 13.8 Å². The van der Waals surface area contributed by atoms with Crippen LogP contribution in [0.15, 0.2) is 0 Å². The van der Waals surface area contributed by atoms with E-state index in [1.807, 2.05) is 21.0 Å². The van der Waals surface area contributed by atoms with Crippen LogP contribution in [0.1, 0.15) is 36.8 Å². The van der Waals surface area contributed by atoms with Gasteiger partial charge in [-0.15, -0.1) is 0 Å². The molecule has 1 aromatic heterocycles. The van der Waals surface area contributed by atoms with Crippen molar-refractivity contribution in [1.29, 1.82) is 0 Å². The SMILES string of the molecule is Cc1nc(CCN(C)C)nc(N)c1C(C)C. The number of nitrogens with zero attached hydrogens (tertiary/aromatic N) is 3. The van der Waals surface area contributed by atoms with E-state index >= 15 is 0 Å². The first kappa shape index (κ1) is 12.9. The summed E-state index contributed by atoms with van der Waals surface area (Å²) in [6.07, 6.45) is 0.844. The smallest absolute Gasteiger partial charge is 0.132 e. The van der Waals surface area contributed by atoms with Gasteiger partial charge in [-0.05, 0) is 26.9 Å². The molecule has 1 heterocycles. The molecule has 4 heteroatoms. The molecule has 0 spiro atoms. The van der Waals surface area contributed by atoms with E-state index in [2.05, 4.69) is 28.7 Å². The van der Waals surface area contributed by atoms with Gasteiger partial charge in [-0.25, -0.2) is 9.97 Å². The molecule has 0 saturated carbocycles.